The second-order valence-electron chi connectivity index (χ2n) is 27.5. The lowest BCUT2D eigenvalue weighted by molar-refractivity contribution is -0.266. The van der Waals surface area contributed by atoms with Gasteiger partial charge in [0.15, 0.2) is 36.3 Å². The number of aromatic amines is 1. The number of ether oxygens (including phenoxy) is 5. The van der Waals surface area contributed by atoms with Crippen LogP contribution in [0.15, 0.2) is 29.5 Å². The number of rotatable bonds is 57. The van der Waals surface area contributed by atoms with E-state index in [0.717, 1.165) is 0 Å². The minimum Gasteiger partial charge on any atom is -0.449 e. The number of hydrogen-bond acceptors (Lipinski definition) is 34. The highest BCUT2D eigenvalue weighted by molar-refractivity contribution is 5.80. The third-order valence-electron chi connectivity index (χ3n) is 18.8. The van der Waals surface area contributed by atoms with Gasteiger partial charge in [-0.3, -0.25) is 28.8 Å². The number of aromatic nitrogens is 7. The molecule has 0 radical (unpaired) electrons. The van der Waals surface area contributed by atoms with E-state index in [9.17, 15) is 121 Å². The summed E-state index contributed by atoms with van der Waals surface area (Å²) in [5.74, 6) is -4.76. The molecule has 1 fully saturated rings. The van der Waals surface area contributed by atoms with Crippen molar-refractivity contribution in [3.63, 3.8) is 0 Å². The minimum absolute atomic E-state index is 0.00723. The number of nitrogens with two attached hydrogens (primary N) is 1. The first kappa shape index (κ1) is 94.2. The normalized spacial score (nSPS) is 20.5. The average Bonchev–Trinajstić information content (AvgIpc) is 1.61. The topological polar surface area (TPSA) is 667 Å². The molecule has 23 atom stereocenters. The molecular formula is C67H118N12O29. The Kier molecular flexibility index (Phi) is 42.9. The molecule has 41 heteroatoms. The van der Waals surface area contributed by atoms with Crippen molar-refractivity contribution in [2.75, 3.05) is 65.1 Å². The van der Waals surface area contributed by atoms with Crippen LogP contribution in [0.3, 0.4) is 0 Å². The molecule has 3 aromatic heterocycles. The van der Waals surface area contributed by atoms with Gasteiger partial charge in [-0.2, -0.15) is 4.98 Å². The SMILES string of the molecule is C=C1[C@H](COC(=O)NCc2cn(CCCC(=O)NC(CCC(=O)NCCCCCCO[C@H](O)C(O)[C@@H](O)[C@H](O[C@H](O)C(O)[C@@H](O)[C@@H](O)C(C)CO)C(C)CO)CC(=O)NCCCCCCCO[C@H](O)C(O)[C@@H](O)[C@@H](CCCO)O[C@H](O)C(O)[C@@H](O)[C@@H](O)C(C)CO)nn2)[C@@H](O)C[C@@H]1n1cnc2c(=O)[nH]c(N)nc21. The molecule has 3 heterocycles. The Morgan fingerprint density at radius 1 is 0.630 bits per heavy atom. The van der Waals surface area contributed by atoms with Gasteiger partial charge in [-0.25, -0.2) is 9.78 Å². The van der Waals surface area contributed by atoms with Gasteiger partial charge in [-0.05, 0) is 63.4 Å². The number of nitrogen functional groups attached to an aromatic ring is 1. The Morgan fingerprint density at radius 3 is 1.76 bits per heavy atom. The zero-order valence-electron chi connectivity index (χ0n) is 61.3. The average molecular weight is 1560 g/mol. The number of fused-ring (bicyclic) bond motifs is 1. The van der Waals surface area contributed by atoms with Gasteiger partial charge >= 0.3 is 6.09 Å². The first-order chi connectivity index (χ1) is 51.3. The molecule has 108 heavy (non-hydrogen) atoms. The first-order valence-electron chi connectivity index (χ1n) is 36.5. The van der Waals surface area contributed by atoms with Crippen molar-refractivity contribution in [1.82, 2.24) is 55.8 Å². The molecule has 8 unspecified atom stereocenters. The smallest absolute Gasteiger partial charge is 0.407 e. The zero-order chi connectivity index (χ0) is 80.3. The molecule has 4 amide bonds. The third kappa shape index (κ3) is 30.8. The maximum Gasteiger partial charge on any atom is 0.407 e. The van der Waals surface area contributed by atoms with Crippen LogP contribution in [-0.2, 0) is 51.2 Å². The van der Waals surface area contributed by atoms with Crippen LogP contribution in [0.2, 0.25) is 0 Å². The van der Waals surface area contributed by atoms with E-state index in [2.05, 4.69) is 53.1 Å². The van der Waals surface area contributed by atoms with Crippen molar-refractivity contribution < 1.29 is 140 Å². The van der Waals surface area contributed by atoms with Gasteiger partial charge < -0.3 is 152 Å². The summed E-state index contributed by atoms with van der Waals surface area (Å²) >= 11 is 0. The van der Waals surface area contributed by atoms with E-state index in [1.54, 1.807) is 10.8 Å². The van der Waals surface area contributed by atoms with Gasteiger partial charge in [0.1, 0.15) is 61.1 Å². The monoisotopic (exact) mass is 1550 g/mol. The number of nitrogens with zero attached hydrogens (tertiary/aromatic N) is 6. The van der Waals surface area contributed by atoms with Gasteiger partial charge in [-0.1, -0.05) is 64.7 Å². The number of anilines is 1. The quantitative estimate of drug-likeness (QED) is 0.0142. The number of carbonyl (C=O) groups is 4. The Hall–Kier alpha value is -6.21. The van der Waals surface area contributed by atoms with E-state index in [4.69, 9.17) is 29.4 Å². The number of carbonyl (C=O) groups excluding carboxylic acids is 4. The third-order valence-corrected chi connectivity index (χ3v) is 18.8. The predicted octanol–water partition coefficient (Wildman–Crippen LogP) is -6.78. The summed E-state index contributed by atoms with van der Waals surface area (Å²) in [6.07, 6.45) is -25.0. The van der Waals surface area contributed by atoms with Crippen molar-refractivity contribution >= 4 is 40.9 Å². The number of aryl methyl sites for hydroxylation is 1. The maximum absolute atomic E-state index is 13.4. The van der Waals surface area contributed by atoms with Crippen molar-refractivity contribution in [3.8, 4) is 0 Å². The Labute approximate surface area is 623 Å². The van der Waals surface area contributed by atoms with Crippen LogP contribution < -0.4 is 32.6 Å². The highest BCUT2D eigenvalue weighted by Gasteiger charge is 2.43. The molecule has 0 aromatic carbocycles. The lowest BCUT2D eigenvalue weighted by atomic mass is 9.95. The summed E-state index contributed by atoms with van der Waals surface area (Å²) in [5, 5.41) is 214. The van der Waals surface area contributed by atoms with E-state index in [1.807, 2.05) is 0 Å². The number of amides is 4. The molecule has 26 N–H and O–H groups in total. The largest absolute Gasteiger partial charge is 0.449 e. The fraction of sp³-hybridized carbons (Fsp3) is 0.806. The fourth-order valence-corrected chi connectivity index (χ4v) is 11.8. The van der Waals surface area contributed by atoms with Gasteiger partial charge in [0.25, 0.3) is 5.56 Å². The second kappa shape index (κ2) is 49.2. The van der Waals surface area contributed by atoms with Crippen LogP contribution in [0, 0.1) is 23.7 Å². The lowest BCUT2D eigenvalue weighted by Crippen LogP contribution is -2.54. The summed E-state index contributed by atoms with van der Waals surface area (Å²) in [4.78, 5) is 75.6. The number of imidazole rings is 1. The Morgan fingerprint density at radius 2 is 1.18 bits per heavy atom. The molecular weight excluding hydrogens is 1440 g/mol. The van der Waals surface area contributed by atoms with Crippen LogP contribution in [0.5, 0.6) is 0 Å². The van der Waals surface area contributed by atoms with E-state index in [0.29, 0.717) is 69.1 Å². The number of aliphatic hydroxyl groups is 19. The number of H-pyrrole nitrogens is 1. The summed E-state index contributed by atoms with van der Waals surface area (Å²) < 4.78 is 29.7. The summed E-state index contributed by atoms with van der Waals surface area (Å²) in [7, 11) is 0. The Bertz CT molecular complexity index is 3140. The molecule has 0 aliphatic heterocycles. The van der Waals surface area contributed by atoms with E-state index in [-0.39, 0.29) is 120 Å². The zero-order valence-corrected chi connectivity index (χ0v) is 61.3. The molecule has 620 valence electrons. The van der Waals surface area contributed by atoms with E-state index in [1.165, 1.54) is 31.8 Å². The first-order valence-corrected chi connectivity index (χ1v) is 36.5. The predicted molar refractivity (Wildman–Crippen MR) is 376 cm³/mol. The maximum atomic E-state index is 13.4. The van der Waals surface area contributed by atoms with Gasteiger partial charge in [0.2, 0.25) is 23.7 Å². The van der Waals surface area contributed by atoms with E-state index < -0.39 is 190 Å². The van der Waals surface area contributed by atoms with Crippen molar-refractivity contribution in [1.29, 1.82) is 0 Å². The number of alkyl carbamates (subject to hydrolysis) is 1. The van der Waals surface area contributed by atoms with Crippen molar-refractivity contribution in [2.45, 2.75) is 260 Å². The van der Waals surface area contributed by atoms with E-state index >= 15 is 0 Å². The summed E-state index contributed by atoms with van der Waals surface area (Å²) in [6, 6.07) is -1.29. The highest BCUT2D eigenvalue weighted by Crippen LogP contribution is 2.40. The summed E-state index contributed by atoms with van der Waals surface area (Å²) in [5.41, 5.74) is 6.37. The lowest BCUT2D eigenvalue weighted by Gasteiger charge is -2.36. The van der Waals surface area contributed by atoms with Crippen molar-refractivity contribution in [2.24, 2.45) is 23.7 Å². The molecule has 4 rings (SSSR count). The number of hydrogen-bond donors (Lipinski definition) is 25. The minimum atomic E-state index is -2.26. The van der Waals surface area contributed by atoms with Crippen molar-refractivity contribution in [3.05, 3.63) is 40.7 Å². The fourth-order valence-electron chi connectivity index (χ4n) is 11.8. The number of unbranched alkanes of at least 4 members (excludes halogenated alkanes) is 7. The number of aliphatic hydroxyl groups excluding tert-OH is 19. The molecule has 1 aliphatic carbocycles. The standard InChI is InChI=1S/C67H118N12O29/c1-35(30-81)49(88)52(91)56(95)64(101)107-44(16-15-23-80)51(90)55(94)62(99)104-24-12-8-5-6-10-21-70-47(87)26-39(18-19-45(85)69-20-11-7-9-13-25-105-63(100)58(97)54(93)59(37(3)32-83)108-65(102)57(96)53(92)50(89)36(2)31-82)73-46(86)17-14-22-78-29-40(76-77-78)28-71-67(103)106-33-41-38(4)42(27-43(41)84)79-34-72-48-60(79)74-66(68)75-61(48)98/h29,34-37,39,41-44,49-59,62-65,80-84,88-97,99-102H,4-28,30-33H2,1-3H3,(H,69,85)(H,70,87)(H,71,103)(H,73,86)(H3,68,74,75,98)/t35?,36?,37?,39?,41-,42-,43-,44+,49-,50-,51-,52-,53-,54+,55?,56?,57?,58?,59+,62-,63-,64-,65-/m0/s1. The molecule has 1 aliphatic rings. The molecule has 41 nitrogen and oxygen atoms in total. The molecule has 0 saturated heterocycles. The molecule has 0 spiro atoms. The Balaban J connectivity index is 1.22. The van der Waals surface area contributed by atoms with Gasteiger partial charge in [0, 0.05) is 108 Å². The second-order valence-corrected chi connectivity index (χ2v) is 27.5. The molecule has 0 bridgehead atoms. The van der Waals surface area contributed by atoms with Crippen LogP contribution >= 0.6 is 0 Å². The van der Waals surface area contributed by atoms with Crippen LogP contribution in [-0.4, -0.2) is 325 Å². The van der Waals surface area contributed by atoms with Crippen LogP contribution in [0.25, 0.3) is 11.2 Å². The number of nitrogens with one attached hydrogen (secondary N) is 5. The van der Waals surface area contributed by atoms with Crippen LogP contribution in [0.4, 0.5) is 10.7 Å². The molecule has 3 aromatic rings. The van der Waals surface area contributed by atoms with Crippen LogP contribution in [0.1, 0.15) is 142 Å². The van der Waals surface area contributed by atoms with Gasteiger partial charge in [-0.15, -0.1) is 5.10 Å². The summed E-state index contributed by atoms with van der Waals surface area (Å²) in [6.45, 7) is 6.34. The van der Waals surface area contributed by atoms with Gasteiger partial charge in [0.05, 0.1) is 55.6 Å². The molecule has 1 saturated carbocycles. The highest BCUT2D eigenvalue weighted by atomic mass is 16.7.